The second-order valence-corrected chi connectivity index (χ2v) is 6.21. The molecular weight excluding hydrogens is 258 g/mol. The first kappa shape index (κ1) is 15.3. The summed E-state index contributed by atoms with van der Waals surface area (Å²) in [4.78, 5) is 4.35. The number of benzene rings is 1. The van der Waals surface area contributed by atoms with Gasteiger partial charge < -0.3 is 5.32 Å². The van der Waals surface area contributed by atoms with Crippen molar-refractivity contribution in [3.8, 4) is 6.07 Å². The van der Waals surface area contributed by atoms with Crippen LogP contribution in [0.5, 0.6) is 0 Å². The minimum absolute atomic E-state index is 0.573. The smallest absolute Gasteiger partial charge is 0.103 e. The van der Waals surface area contributed by atoms with E-state index in [0.717, 1.165) is 23.1 Å². The van der Waals surface area contributed by atoms with Gasteiger partial charge in [0.2, 0.25) is 0 Å². The van der Waals surface area contributed by atoms with Gasteiger partial charge in [0.1, 0.15) is 6.07 Å². The largest absolute Gasteiger partial charge is 0.383 e. The van der Waals surface area contributed by atoms with Gasteiger partial charge in [-0.15, -0.1) is 0 Å². The SMILES string of the molecule is CC(C)C(CNc1c(C#N)cnc2ccccc12)C(C)C. The molecular formula is C18H23N3. The Kier molecular flexibility index (Phi) is 4.80. The van der Waals surface area contributed by atoms with E-state index in [1.807, 2.05) is 24.3 Å². The van der Waals surface area contributed by atoms with Crippen molar-refractivity contribution in [2.24, 2.45) is 17.8 Å². The molecule has 0 aliphatic rings. The van der Waals surface area contributed by atoms with Crippen LogP contribution in [0.4, 0.5) is 5.69 Å². The Morgan fingerprint density at radius 3 is 2.43 bits per heavy atom. The van der Waals surface area contributed by atoms with Crippen LogP contribution >= 0.6 is 0 Å². The Morgan fingerprint density at radius 2 is 1.81 bits per heavy atom. The molecule has 0 fully saturated rings. The van der Waals surface area contributed by atoms with Crippen molar-refractivity contribution >= 4 is 16.6 Å². The van der Waals surface area contributed by atoms with Crippen molar-refractivity contribution in [1.29, 1.82) is 5.26 Å². The van der Waals surface area contributed by atoms with Crippen LogP contribution in [0.2, 0.25) is 0 Å². The van der Waals surface area contributed by atoms with E-state index in [2.05, 4.69) is 44.1 Å². The van der Waals surface area contributed by atoms with Gasteiger partial charge in [-0.05, 0) is 23.8 Å². The molecule has 0 saturated heterocycles. The van der Waals surface area contributed by atoms with Gasteiger partial charge in [-0.1, -0.05) is 45.9 Å². The third kappa shape index (κ3) is 3.33. The van der Waals surface area contributed by atoms with Crippen molar-refractivity contribution in [3.05, 3.63) is 36.0 Å². The van der Waals surface area contributed by atoms with Crippen molar-refractivity contribution in [1.82, 2.24) is 4.98 Å². The summed E-state index contributed by atoms with van der Waals surface area (Å²) in [5.41, 5.74) is 2.44. The first-order valence-corrected chi connectivity index (χ1v) is 7.56. The second-order valence-electron chi connectivity index (χ2n) is 6.21. The lowest BCUT2D eigenvalue weighted by molar-refractivity contribution is 0.304. The van der Waals surface area contributed by atoms with Crippen molar-refractivity contribution < 1.29 is 0 Å². The molecule has 2 rings (SSSR count). The summed E-state index contributed by atoms with van der Waals surface area (Å²) in [7, 11) is 0. The molecule has 0 atom stereocenters. The van der Waals surface area contributed by atoms with Gasteiger partial charge in [0.25, 0.3) is 0 Å². The van der Waals surface area contributed by atoms with E-state index in [1.54, 1.807) is 6.20 Å². The maximum absolute atomic E-state index is 9.33. The number of hydrogen-bond acceptors (Lipinski definition) is 3. The topological polar surface area (TPSA) is 48.7 Å². The fourth-order valence-corrected chi connectivity index (χ4v) is 2.88. The van der Waals surface area contributed by atoms with Crippen LogP contribution in [0, 0.1) is 29.1 Å². The van der Waals surface area contributed by atoms with Crippen LogP contribution in [-0.2, 0) is 0 Å². The predicted octanol–water partition coefficient (Wildman–Crippen LogP) is 4.45. The summed E-state index contributed by atoms with van der Waals surface area (Å²) in [6.45, 7) is 9.88. The molecule has 21 heavy (non-hydrogen) atoms. The van der Waals surface area contributed by atoms with E-state index >= 15 is 0 Å². The molecule has 0 aliphatic heterocycles. The normalized spacial score (nSPS) is 11.3. The first-order valence-electron chi connectivity index (χ1n) is 7.56. The average Bonchev–Trinajstić information content (AvgIpc) is 2.46. The third-order valence-corrected chi connectivity index (χ3v) is 4.12. The molecule has 0 saturated carbocycles. The molecule has 0 bridgehead atoms. The number of nitrogens with one attached hydrogen (secondary N) is 1. The molecule has 3 nitrogen and oxygen atoms in total. The van der Waals surface area contributed by atoms with Gasteiger partial charge in [-0.2, -0.15) is 5.26 Å². The zero-order valence-corrected chi connectivity index (χ0v) is 13.2. The zero-order chi connectivity index (χ0) is 15.4. The lowest BCUT2D eigenvalue weighted by Gasteiger charge is -2.26. The summed E-state index contributed by atoms with van der Waals surface area (Å²) >= 11 is 0. The fraction of sp³-hybridized carbons (Fsp3) is 0.444. The first-order chi connectivity index (χ1) is 10.0. The number of hydrogen-bond donors (Lipinski definition) is 1. The number of nitriles is 1. The van der Waals surface area contributed by atoms with Crippen LogP contribution < -0.4 is 5.32 Å². The monoisotopic (exact) mass is 281 g/mol. The predicted molar refractivity (Wildman–Crippen MR) is 88.1 cm³/mol. The van der Waals surface area contributed by atoms with Crippen LogP contribution in [0.25, 0.3) is 10.9 Å². The number of anilines is 1. The summed E-state index contributed by atoms with van der Waals surface area (Å²) in [6.07, 6.45) is 1.66. The number of para-hydroxylation sites is 1. The number of rotatable bonds is 5. The molecule has 110 valence electrons. The molecule has 0 radical (unpaired) electrons. The molecule has 0 spiro atoms. The van der Waals surface area contributed by atoms with E-state index < -0.39 is 0 Å². The maximum Gasteiger partial charge on any atom is 0.103 e. The molecule has 0 unspecified atom stereocenters. The Labute approximate surface area is 127 Å². The molecule has 0 aliphatic carbocycles. The molecule has 0 amide bonds. The van der Waals surface area contributed by atoms with Crippen molar-refractivity contribution in [2.75, 3.05) is 11.9 Å². The van der Waals surface area contributed by atoms with E-state index in [0.29, 0.717) is 23.3 Å². The number of fused-ring (bicyclic) bond motifs is 1. The summed E-state index contributed by atoms with van der Waals surface area (Å²) in [5, 5.41) is 13.9. The Hall–Kier alpha value is -2.08. The van der Waals surface area contributed by atoms with Gasteiger partial charge in [0.05, 0.1) is 16.8 Å². The number of aromatic nitrogens is 1. The van der Waals surface area contributed by atoms with Crippen molar-refractivity contribution in [3.63, 3.8) is 0 Å². The minimum Gasteiger partial charge on any atom is -0.383 e. The van der Waals surface area contributed by atoms with Gasteiger partial charge in [-0.25, -0.2) is 0 Å². The Bertz CT molecular complexity index is 645. The maximum atomic E-state index is 9.33. The van der Waals surface area contributed by atoms with Crippen LogP contribution in [0.1, 0.15) is 33.3 Å². The standard InChI is InChI=1S/C18H23N3/c1-12(2)16(13(3)4)11-21-18-14(9-19)10-20-17-8-6-5-7-15(17)18/h5-8,10,12-13,16H,11H2,1-4H3,(H,20,21). The molecule has 1 aromatic heterocycles. The fourth-order valence-electron chi connectivity index (χ4n) is 2.88. The van der Waals surface area contributed by atoms with E-state index in [9.17, 15) is 5.26 Å². The molecule has 3 heteroatoms. The average molecular weight is 281 g/mol. The highest BCUT2D eigenvalue weighted by Gasteiger charge is 2.18. The van der Waals surface area contributed by atoms with Crippen LogP contribution in [0.3, 0.4) is 0 Å². The number of nitrogens with zero attached hydrogens (tertiary/aromatic N) is 2. The summed E-state index contributed by atoms with van der Waals surface area (Å²) in [5.74, 6) is 1.79. The molecule has 1 N–H and O–H groups in total. The lowest BCUT2D eigenvalue weighted by atomic mass is 9.85. The van der Waals surface area contributed by atoms with Gasteiger partial charge in [0.15, 0.2) is 0 Å². The van der Waals surface area contributed by atoms with Crippen LogP contribution in [0.15, 0.2) is 30.5 Å². The highest BCUT2D eigenvalue weighted by molar-refractivity contribution is 5.93. The summed E-state index contributed by atoms with van der Waals surface area (Å²) in [6, 6.07) is 10.2. The highest BCUT2D eigenvalue weighted by Crippen LogP contribution is 2.27. The molecule has 1 aromatic carbocycles. The van der Waals surface area contributed by atoms with E-state index in [-0.39, 0.29) is 0 Å². The molecule has 2 aromatic rings. The van der Waals surface area contributed by atoms with Gasteiger partial charge in [-0.3, -0.25) is 4.98 Å². The summed E-state index contributed by atoms with van der Waals surface area (Å²) < 4.78 is 0. The van der Waals surface area contributed by atoms with E-state index in [4.69, 9.17) is 0 Å². The van der Waals surface area contributed by atoms with Crippen molar-refractivity contribution in [2.45, 2.75) is 27.7 Å². The second kappa shape index (κ2) is 6.58. The molecule has 1 heterocycles. The van der Waals surface area contributed by atoms with Gasteiger partial charge in [0, 0.05) is 18.1 Å². The zero-order valence-electron chi connectivity index (χ0n) is 13.2. The highest BCUT2D eigenvalue weighted by atomic mass is 14.9. The quantitative estimate of drug-likeness (QED) is 0.881. The minimum atomic E-state index is 0.573. The van der Waals surface area contributed by atoms with E-state index in [1.165, 1.54) is 0 Å². The number of pyridine rings is 1. The van der Waals surface area contributed by atoms with Gasteiger partial charge >= 0.3 is 0 Å². The Morgan fingerprint density at radius 1 is 1.14 bits per heavy atom. The third-order valence-electron chi connectivity index (χ3n) is 4.12. The Balaban J connectivity index is 2.35. The van der Waals surface area contributed by atoms with Crippen LogP contribution in [-0.4, -0.2) is 11.5 Å². The lowest BCUT2D eigenvalue weighted by Crippen LogP contribution is -2.25.